The number of carbonyl (C=O) groups is 1. The molecule has 0 aromatic heterocycles. The summed E-state index contributed by atoms with van der Waals surface area (Å²) in [7, 11) is 5.61. The summed E-state index contributed by atoms with van der Waals surface area (Å²) in [4.78, 5) is 13.1. The first-order chi connectivity index (χ1) is 13.5. The summed E-state index contributed by atoms with van der Waals surface area (Å²) in [5.74, 6) is 2.23. The van der Waals surface area contributed by atoms with Crippen LogP contribution in [0.3, 0.4) is 0 Å². The molecule has 4 nitrogen and oxygen atoms in total. The maximum Gasteiger partial charge on any atom is 0.166 e. The Bertz CT molecular complexity index is 860. The Labute approximate surface area is 184 Å². The zero-order chi connectivity index (χ0) is 19.7. The smallest absolute Gasteiger partial charge is 0.166 e. The van der Waals surface area contributed by atoms with Crippen LogP contribution in [0.1, 0.15) is 34.3 Å². The molecule has 1 saturated heterocycles. The molecule has 2 aromatic rings. The summed E-state index contributed by atoms with van der Waals surface area (Å²) >= 11 is 0. The van der Waals surface area contributed by atoms with Crippen LogP contribution < -0.4 is 9.47 Å². The van der Waals surface area contributed by atoms with Crippen molar-refractivity contribution in [1.82, 2.24) is 0 Å². The topological polar surface area (TPSA) is 35.5 Å². The molecular formula is C24H31BrNO3+. The largest absolute Gasteiger partial charge is 0.493 e. The molecule has 4 rings (SSSR count). The van der Waals surface area contributed by atoms with Gasteiger partial charge in [0.05, 0.1) is 34.4 Å². The van der Waals surface area contributed by atoms with Gasteiger partial charge in [0.15, 0.2) is 17.3 Å². The van der Waals surface area contributed by atoms with Crippen LogP contribution in [0.15, 0.2) is 42.5 Å². The van der Waals surface area contributed by atoms with E-state index in [-0.39, 0.29) is 22.9 Å². The van der Waals surface area contributed by atoms with Crippen LogP contribution in [-0.4, -0.2) is 44.6 Å². The molecule has 0 amide bonds. The van der Waals surface area contributed by atoms with Crippen molar-refractivity contribution in [2.75, 3.05) is 34.4 Å². The number of Topliss-reactive ketones (excluding diaryl/α,β-unsaturated/α-hetero) is 1. The number of piperidine rings is 1. The summed E-state index contributed by atoms with van der Waals surface area (Å²) in [6, 6.07) is 14.6. The SMILES string of the molecule is Br.COc1cc2c(cc1OC)C(=O)C(C1CC[N+](C)(Cc3ccccc3)CC1)C2. The van der Waals surface area contributed by atoms with E-state index in [1.54, 1.807) is 14.2 Å². The third kappa shape index (κ3) is 4.36. The van der Waals surface area contributed by atoms with Gasteiger partial charge in [0.25, 0.3) is 0 Å². The number of benzene rings is 2. The first-order valence-corrected chi connectivity index (χ1v) is 10.2. The highest BCUT2D eigenvalue weighted by Crippen LogP contribution is 2.41. The molecule has 0 spiro atoms. The lowest BCUT2D eigenvalue weighted by molar-refractivity contribution is -0.928. The number of halogens is 1. The van der Waals surface area contributed by atoms with Crippen LogP contribution in [0.5, 0.6) is 11.5 Å². The van der Waals surface area contributed by atoms with Crippen molar-refractivity contribution in [3.8, 4) is 11.5 Å². The molecule has 156 valence electrons. The maximum absolute atomic E-state index is 13.1. The van der Waals surface area contributed by atoms with Gasteiger partial charge in [-0.05, 0) is 30.0 Å². The van der Waals surface area contributed by atoms with Crippen LogP contribution in [0.25, 0.3) is 0 Å². The Morgan fingerprint density at radius 3 is 2.24 bits per heavy atom. The summed E-state index contributed by atoms with van der Waals surface area (Å²) in [5.41, 5.74) is 3.33. The van der Waals surface area contributed by atoms with Gasteiger partial charge < -0.3 is 14.0 Å². The Kier molecular flexibility index (Phi) is 6.69. The Morgan fingerprint density at radius 1 is 1.00 bits per heavy atom. The van der Waals surface area contributed by atoms with E-state index >= 15 is 0 Å². The first-order valence-electron chi connectivity index (χ1n) is 10.2. The van der Waals surface area contributed by atoms with Crippen LogP contribution in [0, 0.1) is 11.8 Å². The van der Waals surface area contributed by atoms with Crippen molar-refractivity contribution in [2.45, 2.75) is 25.8 Å². The standard InChI is InChI=1S/C24H30NO3.BrH/c1-25(16-17-7-5-4-6-8-17)11-9-18(10-12-25)20-13-19-14-22(27-2)23(28-3)15-21(19)24(20)26;/h4-8,14-15,18,20H,9-13,16H2,1-3H3;1H/q+1;. The van der Waals surface area contributed by atoms with Gasteiger partial charge in [-0.3, -0.25) is 4.79 Å². The van der Waals surface area contributed by atoms with E-state index in [1.165, 1.54) is 5.56 Å². The Hall–Kier alpha value is -1.85. The average molecular weight is 461 g/mol. The lowest BCUT2D eigenvalue weighted by Crippen LogP contribution is -2.50. The molecule has 1 aliphatic heterocycles. The average Bonchev–Trinajstić information content (AvgIpc) is 3.03. The molecule has 29 heavy (non-hydrogen) atoms. The molecule has 1 unspecified atom stereocenters. The van der Waals surface area contributed by atoms with Gasteiger partial charge in [-0.1, -0.05) is 30.3 Å². The molecule has 0 radical (unpaired) electrons. The minimum absolute atomic E-state index is 0. The predicted octanol–water partition coefficient (Wildman–Crippen LogP) is 4.69. The number of nitrogens with zero attached hydrogens (tertiary/aromatic N) is 1. The second-order valence-corrected chi connectivity index (χ2v) is 8.59. The van der Waals surface area contributed by atoms with Crippen LogP contribution in [0.2, 0.25) is 0 Å². The summed E-state index contributed by atoms with van der Waals surface area (Å²) < 4.78 is 11.9. The molecule has 1 heterocycles. The minimum atomic E-state index is 0. The van der Waals surface area contributed by atoms with Gasteiger partial charge in [-0.15, -0.1) is 17.0 Å². The number of methoxy groups -OCH3 is 2. The fourth-order valence-electron chi connectivity index (χ4n) is 5.03. The number of fused-ring (bicyclic) bond motifs is 1. The molecule has 2 aliphatic rings. The zero-order valence-electron chi connectivity index (χ0n) is 17.5. The monoisotopic (exact) mass is 460 g/mol. The zero-order valence-corrected chi connectivity index (χ0v) is 19.2. The van der Waals surface area contributed by atoms with E-state index < -0.39 is 0 Å². The number of ketones is 1. The normalized spacial score (nSPS) is 25.8. The van der Waals surface area contributed by atoms with Crippen LogP contribution >= 0.6 is 17.0 Å². The fraction of sp³-hybridized carbons (Fsp3) is 0.458. The highest BCUT2D eigenvalue weighted by Gasteiger charge is 2.41. The lowest BCUT2D eigenvalue weighted by Gasteiger charge is -2.42. The number of ether oxygens (including phenoxy) is 2. The Balaban J connectivity index is 0.00000240. The molecule has 0 saturated carbocycles. The van der Waals surface area contributed by atoms with Gasteiger partial charge >= 0.3 is 0 Å². The van der Waals surface area contributed by atoms with Crippen molar-refractivity contribution in [3.63, 3.8) is 0 Å². The summed E-state index contributed by atoms with van der Waals surface area (Å²) in [6.07, 6.45) is 3.06. The number of hydrogen-bond donors (Lipinski definition) is 0. The van der Waals surface area contributed by atoms with Crippen LogP contribution in [0.4, 0.5) is 0 Å². The molecule has 1 aliphatic carbocycles. The number of quaternary nitrogens is 1. The van der Waals surface area contributed by atoms with Crippen molar-refractivity contribution < 1.29 is 18.8 Å². The lowest BCUT2D eigenvalue weighted by atomic mass is 9.81. The predicted molar refractivity (Wildman–Crippen MR) is 120 cm³/mol. The highest BCUT2D eigenvalue weighted by molar-refractivity contribution is 8.93. The number of carbonyl (C=O) groups excluding carboxylic acids is 1. The van der Waals surface area contributed by atoms with Gasteiger partial charge in [0.2, 0.25) is 0 Å². The molecule has 0 N–H and O–H groups in total. The van der Waals surface area contributed by atoms with E-state index in [4.69, 9.17) is 9.47 Å². The van der Waals surface area contributed by atoms with Gasteiger partial charge in [-0.2, -0.15) is 0 Å². The van der Waals surface area contributed by atoms with Gasteiger partial charge in [-0.25, -0.2) is 0 Å². The van der Waals surface area contributed by atoms with Crippen molar-refractivity contribution in [2.24, 2.45) is 11.8 Å². The second kappa shape index (κ2) is 8.88. The third-order valence-corrected chi connectivity index (χ3v) is 6.71. The maximum atomic E-state index is 13.1. The quantitative estimate of drug-likeness (QED) is 0.606. The molecule has 1 fully saturated rings. The fourth-order valence-corrected chi connectivity index (χ4v) is 5.03. The van der Waals surface area contributed by atoms with Crippen molar-refractivity contribution in [1.29, 1.82) is 0 Å². The minimum Gasteiger partial charge on any atom is -0.493 e. The summed E-state index contributed by atoms with van der Waals surface area (Å²) in [6.45, 7) is 3.33. The first kappa shape index (κ1) is 21.8. The summed E-state index contributed by atoms with van der Waals surface area (Å²) in [5, 5.41) is 0. The highest BCUT2D eigenvalue weighted by atomic mass is 79.9. The number of rotatable bonds is 5. The van der Waals surface area contributed by atoms with E-state index in [9.17, 15) is 4.79 Å². The van der Waals surface area contributed by atoms with Crippen molar-refractivity contribution >= 4 is 22.8 Å². The molecule has 0 bridgehead atoms. The Morgan fingerprint density at radius 2 is 1.62 bits per heavy atom. The van der Waals surface area contributed by atoms with E-state index in [1.807, 2.05) is 12.1 Å². The van der Waals surface area contributed by atoms with Crippen LogP contribution in [-0.2, 0) is 13.0 Å². The van der Waals surface area contributed by atoms with Gasteiger partial charge in [0.1, 0.15) is 6.54 Å². The third-order valence-electron chi connectivity index (χ3n) is 6.71. The van der Waals surface area contributed by atoms with Crippen molar-refractivity contribution in [3.05, 3.63) is 59.2 Å². The van der Waals surface area contributed by atoms with E-state index in [0.29, 0.717) is 23.2 Å². The molecule has 2 aromatic carbocycles. The molecule has 1 atom stereocenters. The van der Waals surface area contributed by atoms with E-state index in [2.05, 4.69) is 37.4 Å². The second-order valence-electron chi connectivity index (χ2n) is 8.59. The number of likely N-dealkylation sites (tertiary alicyclic amines) is 1. The molecule has 5 heteroatoms. The van der Waals surface area contributed by atoms with Gasteiger partial charge in [0, 0.05) is 29.9 Å². The number of hydrogen-bond acceptors (Lipinski definition) is 3. The molecular weight excluding hydrogens is 430 g/mol. The van der Waals surface area contributed by atoms with E-state index in [0.717, 1.165) is 54.5 Å².